The van der Waals surface area contributed by atoms with Crippen LogP contribution in [0.25, 0.3) is 11.3 Å². The monoisotopic (exact) mass is 487 g/mol. The summed E-state index contributed by atoms with van der Waals surface area (Å²) in [6, 6.07) is 11.3. The molecular formula is C23H24F3N7O2. The van der Waals surface area contributed by atoms with Gasteiger partial charge in [0.25, 0.3) is 0 Å². The second-order valence-electron chi connectivity index (χ2n) is 8.22. The number of aromatic nitrogens is 4. The van der Waals surface area contributed by atoms with Crippen molar-refractivity contribution in [2.75, 3.05) is 61.5 Å². The topological polar surface area (TPSA) is 103 Å². The lowest BCUT2D eigenvalue weighted by molar-refractivity contribution is -0.140. The molecule has 5 rings (SSSR count). The Bertz CT molecular complexity index is 1170. The van der Waals surface area contributed by atoms with Gasteiger partial charge in [0.2, 0.25) is 11.9 Å². The summed E-state index contributed by atoms with van der Waals surface area (Å²) in [7, 11) is 0. The molecular weight excluding hydrogens is 463 g/mol. The molecule has 2 aliphatic heterocycles. The van der Waals surface area contributed by atoms with Gasteiger partial charge in [0, 0.05) is 44.0 Å². The van der Waals surface area contributed by atoms with Crippen LogP contribution >= 0.6 is 0 Å². The minimum Gasteiger partial charge on any atom is -0.378 e. The zero-order valence-corrected chi connectivity index (χ0v) is 18.8. The van der Waals surface area contributed by atoms with Crippen molar-refractivity contribution in [2.45, 2.75) is 12.3 Å². The smallest absolute Gasteiger partial charge is 0.378 e. The highest BCUT2D eigenvalue weighted by Crippen LogP contribution is 2.37. The predicted molar refractivity (Wildman–Crippen MR) is 123 cm³/mol. The second-order valence-corrected chi connectivity index (χ2v) is 8.22. The molecule has 184 valence electrons. The first-order valence-electron chi connectivity index (χ1n) is 11.2. The molecule has 2 aliphatic rings. The molecule has 1 aromatic carbocycles. The molecule has 2 saturated heterocycles. The highest BCUT2D eigenvalue weighted by atomic mass is 19.4. The standard InChI is InChI=1S/C23H24F3N7O2/c24-23(25,26)20-16(13-28-21(27)31-20)17-12-19(30-22(29-17)32-6-9-34-10-7-32)33-8-11-35-18(14-33)15-4-2-1-3-5-15/h1-5,12-13,18H,6-11,14H2,(H2,27,28,31). The van der Waals surface area contributed by atoms with E-state index in [0.717, 1.165) is 11.8 Å². The van der Waals surface area contributed by atoms with Crippen LogP contribution in [0.5, 0.6) is 0 Å². The van der Waals surface area contributed by atoms with Gasteiger partial charge in [-0.1, -0.05) is 30.3 Å². The summed E-state index contributed by atoms with van der Waals surface area (Å²) in [6.07, 6.45) is -3.86. The summed E-state index contributed by atoms with van der Waals surface area (Å²) >= 11 is 0. The predicted octanol–water partition coefficient (Wildman–Crippen LogP) is 2.95. The number of benzene rings is 1. The van der Waals surface area contributed by atoms with Gasteiger partial charge in [0.05, 0.1) is 25.5 Å². The summed E-state index contributed by atoms with van der Waals surface area (Å²) in [4.78, 5) is 20.4. The van der Waals surface area contributed by atoms with Gasteiger partial charge in [0.1, 0.15) is 11.9 Å². The van der Waals surface area contributed by atoms with E-state index in [0.29, 0.717) is 57.8 Å². The third kappa shape index (κ3) is 5.13. The van der Waals surface area contributed by atoms with E-state index in [1.165, 1.54) is 0 Å². The Labute approximate surface area is 199 Å². The molecule has 0 aliphatic carbocycles. The molecule has 0 saturated carbocycles. The SMILES string of the molecule is Nc1ncc(-c2cc(N3CCOC(c4ccccc4)C3)nc(N3CCOCC3)n2)c(C(F)(F)F)n1. The number of hydrogen-bond acceptors (Lipinski definition) is 9. The third-order valence-corrected chi connectivity index (χ3v) is 5.91. The van der Waals surface area contributed by atoms with Gasteiger partial charge in [-0.05, 0) is 5.56 Å². The average Bonchev–Trinajstić information content (AvgIpc) is 2.89. The lowest BCUT2D eigenvalue weighted by Gasteiger charge is -2.35. The van der Waals surface area contributed by atoms with Crippen molar-refractivity contribution in [3.8, 4) is 11.3 Å². The minimum absolute atomic E-state index is 0.0755. The van der Waals surface area contributed by atoms with Gasteiger partial charge in [0.15, 0.2) is 5.69 Å². The maximum Gasteiger partial charge on any atom is 0.434 e. The van der Waals surface area contributed by atoms with Crippen LogP contribution in [-0.4, -0.2) is 65.9 Å². The zero-order chi connectivity index (χ0) is 24.4. The maximum atomic E-state index is 13.8. The summed E-state index contributed by atoms with van der Waals surface area (Å²) in [5.41, 5.74) is 5.18. The molecule has 3 aromatic rings. The van der Waals surface area contributed by atoms with Crippen molar-refractivity contribution in [3.05, 3.63) is 53.9 Å². The van der Waals surface area contributed by atoms with Crippen molar-refractivity contribution in [2.24, 2.45) is 0 Å². The molecule has 0 bridgehead atoms. The number of nitrogen functional groups attached to an aromatic ring is 1. The Morgan fingerprint density at radius 3 is 2.43 bits per heavy atom. The fraction of sp³-hybridized carbons (Fsp3) is 0.391. The Kier molecular flexibility index (Phi) is 6.39. The van der Waals surface area contributed by atoms with Crippen molar-refractivity contribution in [3.63, 3.8) is 0 Å². The lowest BCUT2D eigenvalue weighted by atomic mass is 10.1. The molecule has 4 heterocycles. The van der Waals surface area contributed by atoms with E-state index in [9.17, 15) is 13.2 Å². The van der Waals surface area contributed by atoms with Crippen LogP contribution in [-0.2, 0) is 15.7 Å². The molecule has 0 amide bonds. The van der Waals surface area contributed by atoms with E-state index in [2.05, 4.69) is 15.0 Å². The number of alkyl halides is 3. The van der Waals surface area contributed by atoms with Crippen LogP contribution in [0, 0.1) is 0 Å². The summed E-state index contributed by atoms with van der Waals surface area (Å²) in [6.45, 7) is 3.50. The number of ether oxygens (including phenoxy) is 2. The van der Waals surface area contributed by atoms with E-state index in [1.807, 2.05) is 40.1 Å². The first-order valence-corrected chi connectivity index (χ1v) is 11.2. The summed E-state index contributed by atoms with van der Waals surface area (Å²) in [5, 5.41) is 0. The van der Waals surface area contributed by atoms with Crippen LogP contribution in [0.4, 0.5) is 30.9 Å². The fourth-order valence-electron chi connectivity index (χ4n) is 4.15. The zero-order valence-electron chi connectivity index (χ0n) is 18.8. The van der Waals surface area contributed by atoms with Crippen molar-refractivity contribution >= 4 is 17.7 Å². The highest BCUT2D eigenvalue weighted by molar-refractivity contribution is 5.67. The van der Waals surface area contributed by atoms with Crippen LogP contribution in [0.15, 0.2) is 42.6 Å². The molecule has 0 radical (unpaired) electrons. The third-order valence-electron chi connectivity index (χ3n) is 5.91. The van der Waals surface area contributed by atoms with Gasteiger partial charge in [-0.25, -0.2) is 15.0 Å². The van der Waals surface area contributed by atoms with E-state index < -0.39 is 17.8 Å². The second kappa shape index (κ2) is 9.62. The van der Waals surface area contributed by atoms with Crippen LogP contribution in [0.1, 0.15) is 17.4 Å². The number of nitrogens with zero attached hydrogens (tertiary/aromatic N) is 6. The lowest BCUT2D eigenvalue weighted by Crippen LogP contribution is -2.40. The molecule has 0 spiro atoms. The number of hydrogen-bond donors (Lipinski definition) is 1. The van der Waals surface area contributed by atoms with Gasteiger partial charge < -0.3 is 25.0 Å². The Balaban J connectivity index is 1.56. The Hall–Kier alpha value is -3.51. The van der Waals surface area contributed by atoms with E-state index in [4.69, 9.17) is 20.2 Å². The van der Waals surface area contributed by atoms with Crippen LogP contribution in [0.3, 0.4) is 0 Å². The maximum absolute atomic E-state index is 13.8. The largest absolute Gasteiger partial charge is 0.434 e. The van der Waals surface area contributed by atoms with Crippen LogP contribution in [0.2, 0.25) is 0 Å². The molecule has 1 atom stereocenters. The molecule has 35 heavy (non-hydrogen) atoms. The Morgan fingerprint density at radius 2 is 1.69 bits per heavy atom. The number of anilines is 3. The number of rotatable bonds is 4. The van der Waals surface area contributed by atoms with Gasteiger partial charge in [-0.3, -0.25) is 0 Å². The van der Waals surface area contributed by atoms with Gasteiger partial charge >= 0.3 is 6.18 Å². The quantitative estimate of drug-likeness (QED) is 0.595. The summed E-state index contributed by atoms with van der Waals surface area (Å²) < 4.78 is 52.8. The number of halogens is 3. The normalized spacial score (nSPS) is 19.1. The first kappa shape index (κ1) is 23.2. The van der Waals surface area contributed by atoms with Gasteiger partial charge in [-0.2, -0.15) is 18.2 Å². The molecule has 2 fully saturated rings. The van der Waals surface area contributed by atoms with Crippen molar-refractivity contribution in [1.82, 2.24) is 19.9 Å². The number of nitrogens with two attached hydrogens (primary N) is 1. The molecule has 12 heteroatoms. The van der Waals surface area contributed by atoms with E-state index >= 15 is 0 Å². The van der Waals surface area contributed by atoms with E-state index in [-0.39, 0.29) is 17.4 Å². The van der Waals surface area contributed by atoms with E-state index in [1.54, 1.807) is 6.07 Å². The number of morpholine rings is 2. The molecule has 2 aromatic heterocycles. The van der Waals surface area contributed by atoms with Crippen molar-refractivity contribution < 1.29 is 22.6 Å². The van der Waals surface area contributed by atoms with Crippen LogP contribution < -0.4 is 15.5 Å². The van der Waals surface area contributed by atoms with Crippen molar-refractivity contribution in [1.29, 1.82) is 0 Å². The average molecular weight is 487 g/mol. The Morgan fingerprint density at radius 1 is 0.943 bits per heavy atom. The summed E-state index contributed by atoms with van der Waals surface area (Å²) in [5.74, 6) is 0.377. The molecule has 9 nitrogen and oxygen atoms in total. The fourth-order valence-corrected chi connectivity index (χ4v) is 4.15. The highest BCUT2D eigenvalue weighted by Gasteiger charge is 2.37. The minimum atomic E-state index is -4.73. The molecule has 1 unspecified atom stereocenters. The first-order chi connectivity index (χ1) is 16.9. The molecule has 2 N–H and O–H groups in total. The van der Waals surface area contributed by atoms with Gasteiger partial charge in [-0.15, -0.1) is 0 Å².